The number of fused-ring (bicyclic) bond motifs is 1. The highest BCUT2D eigenvalue weighted by molar-refractivity contribution is 9.10. The van der Waals surface area contributed by atoms with Crippen molar-refractivity contribution in [1.82, 2.24) is 4.90 Å². The SMILES string of the molecule is CN1C=Nc2cc(Cl)cc(Br)c2C1. The number of benzene rings is 1. The zero-order chi connectivity index (χ0) is 9.42. The Morgan fingerprint density at radius 3 is 3.08 bits per heavy atom. The largest absolute Gasteiger partial charge is 0.361 e. The van der Waals surface area contributed by atoms with Crippen LogP contribution in [0, 0.1) is 0 Å². The summed E-state index contributed by atoms with van der Waals surface area (Å²) in [5.74, 6) is 0. The second-order valence-electron chi connectivity index (χ2n) is 3.04. The Morgan fingerprint density at radius 2 is 2.31 bits per heavy atom. The lowest BCUT2D eigenvalue weighted by Gasteiger charge is -2.20. The molecule has 0 aliphatic carbocycles. The first-order valence-electron chi connectivity index (χ1n) is 3.89. The van der Waals surface area contributed by atoms with Gasteiger partial charge in [-0.05, 0) is 12.1 Å². The number of rotatable bonds is 0. The van der Waals surface area contributed by atoms with Crippen LogP contribution in [0.4, 0.5) is 5.69 Å². The fourth-order valence-corrected chi connectivity index (χ4v) is 2.23. The van der Waals surface area contributed by atoms with Crippen molar-refractivity contribution in [3.05, 3.63) is 27.2 Å². The summed E-state index contributed by atoms with van der Waals surface area (Å²) in [6.45, 7) is 0.872. The Kier molecular flexibility index (Phi) is 2.30. The number of hydrogen-bond donors (Lipinski definition) is 0. The fraction of sp³-hybridized carbons (Fsp3) is 0.222. The van der Waals surface area contributed by atoms with Crippen molar-refractivity contribution in [3.8, 4) is 0 Å². The van der Waals surface area contributed by atoms with E-state index in [0.29, 0.717) is 5.02 Å². The summed E-state index contributed by atoms with van der Waals surface area (Å²) in [4.78, 5) is 6.31. The summed E-state index contributed by atoms with van der Waals surface area (Å²) in [5.41, 5.74) is 2.15. The zero-order valence-corrected chi connectivity index (χ0v) is 9.43. The molecule has 0 amide bonds. The van der Waals surface area contributed by atoms with Crippen LogP contribution in [0.5, 0.6) is 0 Å². The van der Waals surface area contributed by atoms with Crippen molar-refractivity contribution < 1.29 is 0 Å². The molecule has 0 aromatic heterocycles. The summed E-state index contributed by atoms with van der Waals surface area (Å²) in [6.07, 6.45) is 1.81. The van der Waals surface area contributed by atoms with Gasteiger partial charge in [0.15, 0.2) is 0 Å². The van der Waals surface area contributed by atoms with E-state index in [0.717, 1.165) is 16.7 Å². The van der Waals surface area contributed by atoms with Crippen LogP contribution in [0.2, 0.25) is 5.02 Å². The minimum Gasteiger partial charge on any atom is -0.361 e. The molecule has 0 radical (unpaired) electrons. The first kappa shape index (κ1) is 9.03. The predicted molar refractivity (Wildman–Crippen MR) is 58.8 cm³/mol. The molecule has 1 aliphatic heterocycles. The molecule has 1 aliphatic rings. The van der Waals surface area contributed by atoms with Gasteiger partial charge in [0.2, 0.25) is 0 Å². The average Bonchev–Trinajstić information content (AvgIpc) is 2.06. The lowest BCUT2D eigenvalue weighted by atomic mass is 10.1. The van der Waals surface area contributed by atoms with Crippen molar-refractivity contribution in [3.63, 3.8) is 0 Å². The van der Waals surface area contributed by atoms with E-state index in [2.05, 4.69) is 20.9 Å². The number of aliphatic imine (C=N–C) groups is 1. The molecule has 2 nitrogen and oxygen atoms in total. The van der Waals surface area contributed by atoms with E-state index < -0.39 is 0 Å². The third kappa shape index (κ3) is 1.71. The molecule has 0 bridgehead atoms. The summed E-state index contributed by atoms with van der Waals surface area (Å²) >= 11 is 9.38. The molecule has 0 fully saturated rings. The Bertz CT molecular complexity index is 376. The first-order chi connectivity index (χ1) is 6.16. The van der Waals surface area contributed by atoms with Crippen LogP contribution in [0.1, 0.15) is 5.56 Å². The van der Waals surface area contributed by atoms with Crippen LogP contribution in [-0.2, 0) is 6.54 Å². The molecular formula is C9H8BrClN2. The normalized spacial score (nSPS) is 14.5. The minimum atomic E-state index is 0.715. The standard InChI is InChI=1S/C9H8BrClN2/c1-13-4-7-8(10)2-6(11)3-9(7)12-5-13/h2-3,5H,4H2,1H3. The van der Waals surface area contributed by atoms with E-state index in [9.17, 15) is 0 Å². The van der Waals surface area contributed by atoms with Crippen LogP contribution in [-0.4, -0.2) is 18.3 Å². The second kappa shape index (κ2) is 3.31. The number of nitrogens with zero attached hydrogens (tertiary/aromatic N) is 2. The van der Waals surface area contributed by atoms with Crippen LogP contribution < -0.4 is 0 Å². The summed E-state index contributed by atoms with van der Waals surface area (Å²) in [6, 6.07) is 3.78. The quantitative estimate of drug-likeness (QED) is 0.698. The van der Waals surface area contributed by atoms with Crippen molar-refractivity contribution in [1.29, 1.82) is 0 Å². The Balaban J connectivity index is 2.56. The van der Waals surface area contributed by atoms with E-state index in [4.69, 9.17) is 11.6 Å². The molecule has 0 atom stereocenters. The minimum absolute atomic E-state index is 0.715. The van der Waals surface area contributed by atoms with Crippen LogP contribution in [0.3, 0.4) is 0 Å². The molecule has 0 N–H and O–H groups in total. The van der Waals surface area contributed by atoms with Gasteiger partial charge in [-0.25, -0.2) is 4.99 Å². The maximum Gasteiger partial charge on any atom is 0.0912 e. The topological polar surface area (TPSA) is 15.6 Å². The molecule has 2 rings (SSSR count). The molecule has 1 aromatic rings. The molecule has 68 valence electrons. The summed E-state index contributed by atoms with van der Waals surface area (Å²) < 4.78 is 1.03. The van der Waals surface area contributed by atoms with E-state index in [1.54, 1.807) is 0 Å². The molecule has 13 heavy (non-hydrogen) atoms. The fourth-order valence-electron chi connectivity index (χ4n) is 1.31. The molecule has 1 aromatic carbocycles. The third-order valence-electron chi connectivity index (χ3n) is 1.94. The predicted octanol–water partition coefficient (Wildman–Crippen LogP) is 3.21. The highest BCUT2D eigenvalue weighted by Gasteiger charge is 2.12. The second-order valence-corrected chi connectivity index (χ2v) is 4.34. The molecule has 0 saturated carbocycles. The van der Waals surface area contributed by atoms with Gasteiger partial charge >= 0.3 is 0 Å². The smallest absolute Gasteiger partial charge is 0.0912 e. The van der Waals surface area contributed by atoms with Gasteiger partial charge in [0, 0.05) is 28.7 Å². The van der Waals surface area contributed by atoms with Crippen LogP contribution in [0.15, 0.2) is 21.6 Å². The van der Waals surface area contributed by atoms with Gasteiger partial charge < -0.3 is 4.90 Å². The molecule has 0 spiro atoms. The Hall–Kier alpha value is -0.540. The van der Waals surface area contributed by atoms with Gasteiger partial charge in [-0.15, -0.1) is 0 Å². The Labute approximate surface area is 90.3 Å². The van der Waals surface area contributed by atoms with Gasteiger partial charge in [0.25, 0.3) is 0 Å². The molecule has 1 heterocycles. The van der Waals surface area contributed by atoms with E-state index in [-0.39, 0.29) is 0 Å². The summed E-state index contributed by atoms with van der Waals surface area (Å²) in [7, 11) is 1.99. The number of halogens is 2. The zero-order valence-electron chi connectivity index (χ0n) is 7.09. The molecule has 4 heteroatoms. The lowest BCUT2D eigenvalue weighted by Crippen LogP contribution is -2.18. The van der Waals surface area contributed by atoms with Gasteiger partial charge in [0.1, 0.15) is 0 Å². The van der Waals surface area contributed by atoms with Crippen molar-refractivity contribution in [2.75, 3.05) is 7.05 Å². The highest BCUT2D eigenvalue weighted by Crippen LogP contribution is 2.33. The van der Waals surface area contributed by atoms with Gasteiger partial charge in [-0.2, -0.15) is 0 Å². The maximum absolute atomic E-state index is 5.90. The van der Waals surface area contributed by atoms with Gasteiger partial charge in [-0.3, -0.25) is 0 Å². The lowest BCUT2D eigenvalue weighted by molar-refractivity contribution is 0.508. The maximum atomic E-state index is 5.90. The van der Waals surface area contributed by atoms with Crippen LogP contribution in [0.25, 0.3) is 0 Å². The summed E-state index contributed by atoms with van der Waals surface area (Å²) in [5, 5.41) is 0.715. The van der Waals surface area contributed by atoms with Crippen molar-refractivity contribution in [2.45, 2.75) is 6.54 Å². The molecule has 0 saturated heterocycles. The van der Waals surface area contributed by atoms with E-state index in [1.165, 1.54) is 5.56 Å². The van der Waals surface area contributed by atoms with Crippen molar-refractivity contribution >= 4 is 39.6 Å². The van der Waals surface area contributed by atoms with Crippen LogP contribution >= 0.6 is 27.5 Å². The van der Waals surface area contributed by atoms with E-state index in [1.807, 2.05) is 30.4 Å². The monoisotopic (exact) mass is 258 g/mol. The van der Waals surface area contributed by atoms with Gasteiger partial charge in [-0.1, -0.05) is 27.5 Å². The van der Waals surface area contributed by atoms with Gasteiger partial charge in [0.05, 0.1) is 12.0 Å². The third-order valence-corrected chi connectivity index (χ3v) is 2.86. The highest BCUT2D eigenvalue weighted by atomic mass is 79.9. The van der Waals surface area contributed by atoms with E-state index >= 15 is 0 Å². The average molecular weight is 260 g/mol. The first-order valence-corrected chi connectivity index (χ1v) is 5.06. The molecular weight excluding hydrogens is 251 g/mol. The Morgan fingerprint density at radius 1 is 1.54 bits per heavy atom. The molecule has 0 unspecified atom stereocenters. The number of hydrogen-bond acceptors (Lipinski definition) is 2. The van der Waals surface area contributed by atoms with Crippen molar-refractivity contribution in [2.24, 2.45) is 4.99 Å².